The van der Waals surface area contributed by atoms with Gasteiger partial charge in [0.15, 0.2) is 11.5 Å². The van der Waals surface area contributed by atoms with Gasteiger partial charge in [0.2, 0.25) is 6.79 Å². The summed E-state index contributed by atoms with van der Waals surface area (Å²) in [6, 6.07) is 20.6. The Bertz CT molecular complexity index is 1250. The van der Waals surface area contributed by atoms with Gasteiger partial charge >= 0.3 is 0 Å². The second kappa shape index (κ2) is 7.46. The van der Waals surface area contributed by atoms with Crippen LogP contribution in [0, 0.1) is 0 Å². The number of fused-ring (bicyclic) bond motifs is 1. The number of amidine groups is 1. The number of benzene rings is 3. The van der Waals surface area contributed by atoms with Crippen LogP contribution in [0.1, 0.15) is 21.5 Å². The molecule has 7 nitrogen and oxygen atoms in total. The number of amides is 1. The maximum absolute atomic E-state index is 13.3. The fraction of sp³-hybridized carbons (Fsp3) is 0.0417. The zero-order valence-electron chi connectivity index (χ0n) is 16.1. The van der Waals surface area contributed by atoms with Gasteiger partial charge in [0, 0.05) is 5.56 Å². The number of hydrogen-bond acceptors (Lipinski definition) is 6. The molecule has 0 saturated heterocycles. The van der Waals surface area contributed by atoms with Gasteiger partial charge in [0.25, 0.3) is 5.91 Å². The number of ether oxygens (including phenoxy) is 2. The Hall–Kier alpha value is -4.39. The summed E-state index contributed by atoms with van der Waals surface area (Å²) in [7, 11) is 0. The van der Waals surface area contributed by atoms with Crippen molar-refractivity contribution in [3.05, 3.63) is 95.2 Å². The highest BCUT2D eigenvalue weighted by molar-refractivity contribution is 6.33. The fourth-order valence-electron chi connectivity index (χ4n) is 3.44. The normalized spacial score (nSPS) is 16.0. The second-order valence-electron chi connectivity index (χ2n) is 6.92. The van der Waals surface area contributed by atoms with Crippen molar-refractivity contribution in [3.8, 4) is 11.5 Å². The summed E-state index contributed by atoms with van der Waals surface area (Å²) in [6.07, 6.45) is 1.68. The van der Waals surface area contributed by atoms with E-state index in [1.807, 2.05) is 36.4 Å². The molecule has 2 aliphatic rings. The van der Waals surface area contributed by atoms with Crippen LogP contribution in [0.5, 0.6) is 11.5 Å². The average Bonchev–Trinajstić information content (AvgIpc) is 3.39. The van der Waals surface area contributed by atoms with E-state index in [2.05, 4.69) is 4.99 Å². The molecule has 2 heterocycles. The molecule has 0 N–H and O–H groups in total. The van der Waals surface area contributed by atoms with E-state index in [4.69, 9.17) is 9.47 Å². The molecule has 5 rings (SSSR count). The molecular weight excluding hydrogens is 396 g/mol. The number of aromatic carboxylic acids is 1. The highest BCUT2D eigenvalue weighted by Crippen LogP contribution is 2.34. The molecule has 0 unspecified atom stereocenters. The van der Waals surface area contributed by atoms with E-state index in [0.717, 1.165) is 11.1 Å². The zero-order valence-corrected chi connectivity index (χ0v) is 16.1. The molecule has 7 heteroatoms. The van der Waals surface area contributed by atoms with Crippen molar-refractivity contribution in [2.45, 2.75) is 0 Å². The maximum atomic E-state index is 13.3. The first-order chi connectivity index (χ1) is 15.1. The molecule has 3 aromatic carbocycles. The van der Waals surface area contributed by atoms with Gasteiger partial charge in [0.1, 0.15) is 11.5 Å². The van der Waals surface area contributed by atoms with E-state index in [-0.39, 0.29) is 24.0 Å². The number of rotatable bonds is 4. The first-order valence-corrected chi connectivity index (χ1v) is 9.51. The van der Waals surface area contributed by atoms with Crippen molar-refractivity contribution in [2.75, 3.05) is 11.7 Å². The lowest BCUT2D eigenvalue weighted by Gasteiger charge is -2.19. The summed E-state index contributed by atoms with van der Waals surface area (Å²) in [5.74, 6) is 0.126. The Morgan fingerprint density at radius 1 is 0.968 bits per heavy atom. The van der Waals surface area contributed by atoms with E-state index in [1.54, 1.807) is 30.3 Å². The Balaban J connectivity index is 1.57. The molecule has 0 saturated carbocycles. The lowest BCUT2D eigenvalue weighted by atomic mass is 10.1. The van der Waals surface area contributed by atoms with Crippen LogP contribution in [-0.2, 0) is 4.79 Å². The first-order valence-electron chi connectivity index (χ1n) is 9.51. The molecule has 0 radical (unpaired) electrons. The van der Waals surface area contributed by atoms with Gasteiger partial charge < -0.3 is 19.4 Å². The first kappa shape index (κ1) is 18.6. The quantitative estimate of drug-likeness (QED) is 0.616. The second-order valence-corrected chi connectivity index (χ2v) is 6.92. The summed E-state index contributed by atoms with van der Waals surface area (Å²) >= 11 is 0. The van der Waals surface area contributed by atoms with E-state index in [1.165, 1.54) is 17.0 Å². The molecule has 0 atom stereocenters. The van der Waals surface area contributed by atoms with Crippen molar-refractivity contribution >= 4 is 29.5 Å². The molecule has 0 aromatic heterocycles. The van der Waals surface area contributed by atoms with Crippen LogP contribution < -0.4 is 19.5 Å². The largest absolute Gasteiger partial charge is 0.545 e. The summed E-state index contributed by atoms with van der Waals surface area (Å²) in [6.45, 7) is 0.167. The topological polar surface area (TPSA) is 91.3 Å². The van der Waals surface area contributed by atoms with Crippen molar-refractivity contribution in [1.29, 1.82) is 0 Å². The predicted octanol–water partition coefficient (Wildman–Crippen LogP) is 2.61. The van der Waals surface area contributed by atoms with Gasteiger partial charge in [-0.05, 0) is 41.5 Å². The SMILES string of the molecule is O=C([O-])c1ccc(N2C(=O)/C(=C\c3ccc4c(c3)OCO4)N=C2c2ccccc2)cc1. The van der Waals surface area contributed by atoms with Gasteiger partial charge in [-0.1, -0.05) is 48.5 Å². The molecule has 0 bridgehead atoms. The van der Waals surface area contributed by atoms with Crippen molar-refractivity contribution < 1.29 is 24.2 Å². The third-order valence-electron chi connectivity index (χ3n) is 4.95. The minimum absolute atomic E-state index is 0.0321. The van der Waals surface area contributed by atoms with E-state index in [0.29, 0.717) is 23.0 Å². The van der Waals surface area contributed by atoms with E-state index in [9.17, 15) is 14.7 Å². The number of carboxylic acids is 1. The van der Waals surface area contributed by atoms with Crippen LogP contribution in [0.2, 0.25) is 0 Å². The molecular formula is C24H15N2O5-. The molecule has 1 amide bonds. The Labute approximate surface area is 177 Å². The fourth-order valence-corrected chi connectivity index (χ4v) is 3.44. The van der Waals surface area contributed by atoms with E-state index >= 15 is 0 Å². The van der Waals surface area contributed by atoms with Gasteiger partial charge in [0.05, 0.1) is 11.7 Å². The standard InChI is InChI=1S/C24H16N2O5/c27-23-19(12-15-6-11-20-21(13-15)31-14-30-20)25-22(16-4-2-1-3-5-16)26(23)18-9-7-17(8-10-18)24(28)29/h1-13H,14H2,(H,28,29)/p-1/b19-12+. The number of carbonyl (C=O) groups excluding carboxylic acids is 2. The van der Waals surface area contributed by atoms with Crippen LogP contribution in [0.25, 0.3) is 6.08 Å². The van der Waals surface area contributed by atoms with Gasteiger partial charge in [-0.2, -0.15) is 0 Å². The average molecular weight is 411 g/mol. The maximum Gasteiger partial charge on any atom is 0.282 e. The molecule has 0 spiro atoms. The highest BCUT2D eigenvalue weighted by atomic mass is 16.7. The predicted molar refractivity (Wildman–Crippen MR) is 112 cm³/mol. The molecule has 31 heavy (non-hydrogen) atoms. The third-order valence-corrected chi connectivity index (χ3v) is 4.95. The molecule has 152 valence electrons. The zero-order chi connectivity index (χ0) is 21.4. The number of carboxylic acid groups (broad SMARTS) is 1. The lowest BCUT2D eigenvalue weighted by Crippen LogP contribution is -2.32. The highest BCUT2D eigenvalue weighted by Gasteiger charge is 2.32. The third kappa shape index (κ3) is 3.42. The summed E-state index contributed by atoms with van der Waals surface area (Å²) in [5.41, 5.74) is 2.30. The summed E-state index contributed by atoms with van der Waals surface area (Å²) in [5, 5.41) is 11.1. The number of nitrogens with zero attached hydrogens (tertiary/aromatic N) is 2. The minimum atomic E-state index is -1.28. The summed E-state index contributed by atoms with van der Waals surface area (Å²) < 4.78 is 10.7. The van der Waals surface area contributed by atoms with E-state index < -0.39 is 5.97 Å². The number of aliphatic imine (C=N–C) groups is 1. The molecule has 3 aromatic rings. The molecule has 0 fully saturated rings. The van der Waals surface area contributed by atoms with Crippen molar-refractivity contribution in [3.63, 3.8) is 0 Å². The number of hydrogen-bond donors (Lipinski definition) is 0. The van der Waals surface area contributed by atoms with Gasteiger partial charge in [-0.3, -0.25) is 9.69 Å². The minimum Gasteiger partial charge on any atom is -0.545 e. The number of anilines is 1. The van der Waals surface area contributed by atoms with Gasteiger partial charge in [-0.25, -0.2) is 4.99 Å². The Morgan fingerprint density at radius 2 is 1.71 bits per heavy atom. The van der Waals surface area contributed by atoms with Crippen LogP contribution in [-0.4, -0.2) is 24.5 Å². The van der Waals surface area contributed by atoms with Crippen molar-refractivity contribution in [1.82, 2.24) is 0 Å². The van der Waals surface area contributed by atoms with Crippen LogP contribution in [0.15, 0.2) is 83.5 Å². The summed E-state index contributed by atoms with van der Waals surface area (Å²) in [4.78, 5) is 30.4. The molecule has 0 aliphatic carbocycles. The Kier molecular flexibility index (Phi) is 4.48. The van der Waals surface area contributed by atoms with Crippen molar-refractivity contribution in [2.24, 2.45) is 4.99 Å². The smallest absolute Gasteiger partial charge is 0.282 e. The number of carbonyl (C=O) groups is 2. The lowest BCUT2D eigenvalue weighted by molar-refractivity contribution is -0.255. The monoisotopic (exact) mass is 411 g/mol. The molecule has 2 aliphatic heterocycles. The van der Waals surface area contributed by atoms with Gasteiger partial charge in [-0.15, -0.1) is 0 Å². The van der Waals surface area contributed by atoms with Crippen LogP contribution in [0.4, 0.5) is 5.69 Å². The van der Waals surface area contributed by atoms with Crippen LogP contribution in [0.3, 0.4) is 0 Å². The van der Waals surface area contributed by atoms with Crippen LogP contribution >= 0.6 is 0 Å². The Morgan fingerprint density at radius 3 is 2.45 bits per heavy atom.